The number of rotatable bonds is 1. The molecular weight excluding hydrogens is 280 g/mol. The Morgan fingerprint density at radius 2 is 1.94 bits per heavy atom. The number of hydrogen-bond acceptors (Lipinski definition) is 2. The second-order valence-corrected chi connectivity index (χ2v) is 4.80. The average Bonchev–Trinajstić information content (AvgIpc) is 2.72. The Morgan fingerprint density at radius 1 is 1.18 bits per heavy atom. The number of nitrogens with zero attached hydrogens (tertiary/aromatic N) is 2. The van der Waals surface area contributed by atoms with E-state index in [0.717, 1.165) is 21.1 Å². The van der Waals surface area contributed by atoms with Gasteiger partial charge in [0.1, 0.15) is 7.05 Å². The summed E-state index contributed by atoms with van der Waals surface area (Å²) >= 11 is 3.41. The number of aromatic nitrogens is 2. The summed E-state index contributed by atoms with van der Waals surface area (Å²) in [6.45, 7) is 0. The van der Waals surface area contributed by atoms with Crippen molar-refractivity contribution in [2.45, 2.75) is 0 Å². The van der Waals surface area contributed by atoms with Crippen LogP contribution in [0, 0.1) is 0 Å². The van der Waals surface area contributed by atoms with Crippen molar-refractivity contribution in [3.63, 3.8) is 0 Å². The van der Waals surface area contributed by atoms with Gasteiger partial charge in [-0.2, -0.15) is 0 Å². The van der Waals surface area contributed by atoms with Crippen LogP contribution in [0.5, 0.6) is 0 Å². The van der Waals surface area contributed by atoms with Gasteiger partial charge < -0.3 is 4.42 Å². The molecule has 2 aromatic heterocycles. The highest BCUT2D eigenvalue weighted by Crippen LogP contribution is 2.24. The molecule has 1 aromatic carbocycles. The number of aryl methyl sites for hydroxylation is 1. The number of pyridine rings is 1. The Balaban J connectivity index is 2.14. The number of halogens is 1. The molecule has 3 aromatic rings. The van der Waals surface area contributed by atoms with Crippen molar-refractivity contribution in [2.75, 3.05) is 0 Å². The maximum Gasteiger partial charge on any atom is 0.227 e. The lowest BCUT2D eigenvalue weighted by atomic mass is 10.2. The summed E-state index contributed by atoms with van der Waals surface area (Å²) in [5.41, 5.74) is 2.65. The minimum atomic E-state index is 0.652. The Bertz CT molecular complexity index is 673. The van der Waals surface area contributed by atoms with Gasteiger partial charge in [0, 0.05) is 16.1 Å². The third kappa shape index (κ3) is 1.96. The number of fused-ring (bicyclic) bond motifs is 1. The van der Waals surface area contributed by atoms with Crippen LogP contribution in [0.2, 0.25) is 0 Å². The molecule has 0 aliphatic rings. The predicted octanol–water partition coefficient (Wildman–Crippen LogP) is 3.08. The zero-order chi connectivity index (χ0) is 11.8. The molecule has 0 N–H and O–H groups in total. The van der Waals surface area contributed by atoms with Crippen molar-refractivity contribution in [1.29, 1.82) is 0 Å². The number of hydrogen-bond donors (Lipinski definition) is 0. The van der Waals surface area contributed by atoms with E-state index < -0.39 is 0 Å². The van der Waals surface area contributed by atoms with Gasteiger partial charge in [-0.1, -0.05) is 15.9 Å². The van der Waals surface area contributed by atoms with E-state index in [1.165, 1.54) is 0 Å². The van der Waals surface area contributed by atoms with E-state index in [9.17, 15) is 0 Å². The van der Waals surface area contributed by atoms with Gasteiger partial charge in [-0.05, 0) is 24.3 Å². The maximum absolute atomic E-state index is 5.71. The standard InChI is InChI=1S/C13H10BrN2O/c1-16-7-6-12-11(8-16)15-13(17-12)9-2-4-10(14)5-3-9/h2-8H,1H3/q+1. The average molecular weight is 290 g/mol. The first-order chi connectivity index (χ1) is 8.22. The molecule has 0 aliphatic heterocycles. The van der Waals surface area contributed by atoms with E-state index in [0.29, 0.717) is 5.89 Å². The molecule has 0 unspecified atom stereocenters. The second kappa shape index (κ2) is 3.96. The Labute approximate surface area is 107 Å². The topological polar surface area (TPSA) is 29.9 Å². The van der Waals surface area contributed by atoms with E-state index >= 15 is 0 Å². The summed E-state index contributed by atoms with van der Waals surface area (Å²) in [6.07, 6.45) is 3.89. The zero-order valence-electron chi connectivity index (χ0n) is 9.22. The normalized spacial score (nSPS) is 10.9. The molecule has 84 valence electrons. The van der Waals surface area contributed by atoms with Gasteiger partial charge in [0.15, 0.2) is 23.5 Å². The monoisotopic (exact) mass is 289 g/mol. The first-order valence-electron chi connectivity index (χ1n) is 5.24. The molecule has 4 heteroatoms. The van der Waals surface area contributed by atoms with Crippen molar-refractivity contribution >= 4 is 27.0 Å². The quantitative estimate of drug-likeness (QED) is 0.645. The largest absolute Gasteiger partial charge is 0.436 e. The van der Waals surface area contributed by atoms with Gasteiger partial charge in [0.25, 0.3) is 0 Å². The minimum absolute atomic E-state index is 0.652. The highest BCUT2D eigenvalue weighted by atomic mass is 79.9. The molecule has 0 atom stereocenters. The van der Waals surface area contributed by atoms with E-state index in [2.05, 4.69) is 20.9 Å². The first-order valence-corrected chi connectivity index (χ1v) is 6.03. The summed E-state index contributed by atoms with van der Waals surface area (Å²) in [6, 6.07) is 9.84. The summed E-state index contributed by atoms with van der Waals surface area (Å²) in [4.78, 5) is 4.47. The fraction of sp³-hybridized carbons (Fsp3) is 0.0769. The SMILES string of the molecule is C[n+]1ccc2oc(-c3ccc(Br)cc3)nc2c1. The number of benzene rings is 1. The smallest absolute Gasteiger partial charge is 0.227 e. The lowest BCUT2D eigenvalue weighted by Gasteiger charge is -1.94. The second-order valence-electron chi connectivity index (χ2n) is 3.89. The fourth-order valence-electron chi connectivity index (χ4n) is 1.69. The van der Waals surface area contributed by atoms with Crippen molar-refractivity contribution in [3.05, 3.63) is 47.2 Å². The van der Waals surface area contributed by atoms with Crippen LogP contribution in [-0.2, 0) is 7.05 Å². The van der Waals surface area contributed by atoms with E-state index in [-0.39, 0.29) is 0 Å². The summed E-state index contributed by atoms with van der Waals surface area (Å²) in [7, 11) is 1.97. The summed E-state index contributed by atoms with van der Waals surface area (Å²) in [5, 5.41) is 0. The van der Waals surface area contributed by atoms with Gasteiger partial charge >= 0.3 is 0 Å². The van der Waals surface area contributed by atoms with Crippen LogP contribution in [0.1, 0.15) is 0 Å². The summed E-state index contributed by atoms with van der Waals surface area (Å²) < 4.78 is 8.71. The van der Waals surface area contributed by atoms with Crippen molar-refractivity contribution in [3.8, 4) is 11.5 Å². The Hall–Kier alpha value is -1.68. The zero-order valence-corrected chi connectivity index (χ0v) is 10.8. The Kier molecular flexibility index (Phi) is 2.44. The fourth-order valence-corrected chi connectivity index (χ4v) is 1.96. The Morgan fingerprint density at radius 3 is 2.71 bits per heavy atom. The molecule has 3 nitrogen and oxygen atoms in total. The molecule has 0 aliphatic carbocycles. The van der Waals surface area contributed by atoms with Gasteiger partial charge in [-0.3, -0.25) is 0 Å². The van der Waals surface area contributed by atoms with Crippen LogP contribution < -0.4 is 4.57 Å². The molecule has 3 rings (SSSR count). The minimum Gasteiger partial charge on any atom is -0.436 e. The van der Waals surface area contributed by atoms with E-state index in [4.69, 9.17) is 4.42 Å². The molecule has 17 heavy (non-hydrogen) atoms. The lowest BCUT2D eigenvalue weighted by Crippen LogP contribution is -2.25. The molecule has 0 saturated heterocycles. The molecule has 0 spiro atoms. The van der Waals surface area contributed by atoms with Crippen molar-refractivity contribution in [1.82, 2.24) is 4.98 Å². The molecular formula is C13H10BrN2O+. The molecule has 0 amide bonds. The lowest BCUT2D eigenvalue weighted by molar-refractivity contribution is -0.670. The van der Waals surface area contributed by atoms with Crippen LogP contribution in [0.15, 0.2) is 51.6 Å². The van der Waals surface area contributed by atoms with Crippen molar-refractivity contribution < 1.29 is 8.98 Å². The molecule has 0 saturated carbocycles. The van der Waals surface area contributed by atoms with Gasteiger partial charge in [-0.25, -0.2) is 9.55 Å². The van der Waals surface area contributed by atoms with Gasteiger partial charge in [0.05, 0.1) is 0 Å². The van der Waals surface area contributed by atoms with Crippen molar-refractivity contribution in [2.24, 2.45) is 7.05 Å². The molecule has 0 radical (unpaired) electrons. The van der Waals surface area contributed by atoms with Crippen LogP contribution >= 0.6 is 15.9 Å². The highest BCUT2D eigenvalue weighted by Gasteiger charge is 2.10. The van der Waals surface area contributed by atoms with Crippen LogP contribution in [0.25, 0.3) is 22.6 Å². The highest BCUT2D eigenvalue weighted by molar-refractivity contribution is 9.10. The van der Waals surface area contributed by atoms with Crippen LogP contribution in [-0.4, -0.2) is 4.98 Å². The van der Waals surface area contributed by atoms with Gasteiger partial charge in [-0.15, -0.1) is 0 Å². The molecule has 2 heterocycles. The molecule has 0 bridgehead atoms. The summed E-state index contributed by atoms with van der Waals surface area (Å²) in [5.74, 6) is 0.652. The van der Waals surface area contributed by atoms with E-state index in [1.54, 1.807) is 0 Å². The van der Waals surface area contributed by atoms with Gasteiger partial charge in [0.2, 0.25) is 5.89 Å². The number of oxazole rings is 1. The maximum atomic E-state index is 5.71. The molecule has 0 fully saturated rings. The predicted molar refractivity (Wildman–Crippen MR) is 68.3 cm³/mol. The third-order valence-corrected chi connectivity index (χ3v) is 3.09. The first kappa shape index (κ1) is 10.5. The van der Waals surface area contributed by atoms with Crippen LogP contribution in [0.3, 0.4) is 0 Å². The van der Waals surface area contributed by atoms with Crippen LogP contribution in [0.4, 0.5) is 0 Å². The third-order valence-electron chi connectivity index (χ3n) is 2.56. The van der Waals surface area contributed by atoms with E-state index in [1.807, 2.05) is 54.3 Å².